The molecular weight excluding hydrogens is 578 g/mol. The van der Waals surface area contributed by atoms with Gasteiger partial charge in [0.05, 0.1) is 53.1 Å². The summed E-state index contributed by atoms with van der Waals surface area (Å²) >= 11 is 6.42. The van der Waals surface area contributed by atoms with Crippen LogP contribution in [-0.2, 0) is 26.0 Å². The first kappa shape index (κ1) is 28.8. The summed E-state index contributed by atoms with van der Waals surface area (Å²) in [5.74, 6) is 1.15. The third kappa shape index (κ3) is 6.24. The fourth-order valence-electron chi connectivity index (χ4n) is 5.35. The maximum absolute atomic E-state index is 13.1. The van der Waals surface area contributed by atoms with Gasteiger partial charge < -0.3 is 14.8 Å². The summed E-state index contributed by atoms with van der Waals surface area (Å²) in [5.41, 5.74) is 3.26. The molecule has 220 valence electrons. The first-order chi connectivity index (χ1) is 20.3. The van der Waals surface area contributed by atoms with Crippen molar-refractivity contribution in [3.8, 4) is 11.3 Å². The van der Waals surface area contributed by atoms with Gasteiger partial charge in [0.1, 0.15) is 11.3 Å². The van der Waals surface area contributed by atoms with Crippen LogP contribution in [0.4, 0.5) is 11.5 Å². The zero-order chi connectivity index (χ0) is 29.3. The first-order valence-electron chi connectivity index (χ1n) is 13.9. The Labute approximate surface area is 249 Å². The fraction of sp³-hybridized carbons (Fsp3) is 0.379. The molecule has 3 aromatic heterocycles. The van der Waals surface area contributed by atoms with Crippen molar-refractivity contribution in [3.05, 3.63) is 65.7 Å². The zero-order valence-corrected chi connectivity index (χ0v) is 25.0. The molecule has 0 aliphatic carbocycles. The molecule has 11 nitrogen and oxygen atoms in total. The first-order valence-corrected chi connectivity index (χ1v) is 15.7. The van der Waals surface area contributed by atoms with E-state index in [0.717, 1.165) is 18.7 Å². The van der Waals surface area contributed by atoms with Crippen molar-refractivity contribution in [2.75, 3.05) is 44.7 Å². The number of sulfonamides is 1. The van der Waals surface area contributed by atoms with Crippen LogP contribution in [0.3, 0.4) is 0 Å². The van der Waals surface area contributed by atoms with Crippen LogP contribution in [0.2, 0.25) is 5.02 Å². The van der Waals surface area contributed by atoms with E-state index in [1.165, 1.54) is 4.31 Å². The average Bonchev–Trinajstić information content (AvgIpc) is 2.97. The van der Waals surface area contributed by atoms with Crippen LogP contribution in [-0.4, -0.2) is 89.2 Å². The smallest absolute Gasteiger partial charge is 0.243 e. The van der Waals surface area contributed by atoms with Gasteiger partial charge in [-0.1, -0.05) is 11.6 Å². The highest BCUT2D eigenvalue weighted by atomic mass is 35.5. The highest BCUT2D eigenvalue weighted by molar-refractivity contribution is 7.89. The molecule has 1 N–H and O–H groups in total. The molecule has 42 heavy (non-hydrogen) atoms. The van der Waals surface area contributed by atoms with Crippen molar-refractivity contribution < 1.29 is 17.9 Å². The van der Waals surface area contributed by atoms with Gasteiger partial charge in [-0.3, -0.25) is 9.88 Å². The lowest BCUT2D eigenvalue weighted by molar-refractivity contribution is -0.0710. The van der Waals surface area contributed by atoms with Gasteiger partial charge in [0, 0.05) is 49.8 Å². The number of morpholine rings is 2. The molecule has 2 fully saturated rings. The summed E-state index contributed by atoms with van der Waals surface area (Å²) in [7, 11) is -3.60. The van der Waals surface area contributed by atoms with Gasteiger partial charge in [0.2, 0.25) is 10.0 Å². The Morgan fingerprint density at radius 3 is 2.48 bits per heavy atom. The van der Waals surface area contributed by atoms with Crippen LogP contribution in [0.1, 0.15) is 19.7 Å². The third-order valence-corrected chi connectivity index (χ3v) is 9.42. The topological polar surface area (TPSA) is 123 Å². The Morgan fingerprint density at radius 2 is 1.76 bits per heavy atom. The second-order valence-electron chi connectivity index (χ2n) is 10.5. The Bertz CT molecular complexity index is 1670. The third-order valence-electron chi connectivity index (χ3n) is 7.20. The van der Waals surface area contributed by atoms with E-state index in [0.29, 0.717) is 71.9 Å². The average molecular weight is 610 g/mol. The van der Waals surface area contributed by atoms with E-state index in [1.54, 1.807) is 48.8 Å². The fourth-order valence-corrected chi connectivity index (χ4v) is 6.99. The molecule has 5 heterocycles. The quantitative estimate of drug-likeness (QED) is 0.327. The Hall–Kier alpha value is -3.26. The number of nitrogens with zero attached hydrogens (tertiary/aromatic N) is 6. The van der Waals surface area contributed by atoms with Gasteiger partial charge in [0.25, 0.3) is 0 Å². The van der Waals surface area contributed by atoms with Crippen LogP contribution >= 0.6 is 11.6 Å². The summed E-state index contributed by atoms with van der Waals surface area (Å²) in [5, 5.41) is 3.87. The summed E-state index contributed by atoms with van der Waals surface area (Å²) in [6.07, 6.45) is 3.61. The van der Waals surface area contributed by atoms with Crippen molar-refractivity contribution in [1.82, 2.24) is 29.1 Å². The summed E-state index contributed by atoms with van der Waals surface area (Å²) in [4.78, 5) is 21.4. The Morgan fingerprint density at radius 1 is 1.02 bits per heavy atom. The minimum atomic E-state index is -3.60. The number of fused-ring (bicyclic) bond motifs is 1. The van der Waals surface area contributed by atoms with Crippen LogP contribution < -0.4 is 5.32 Å². The van der Waals surface area contributed by atoms with Gasteiger partial charge >= 0.3 is 0 Å². The van der Waals surface area contributed by atoms with Crippen molar-refractivity contribution in [3.63, 3.8) is 0 Å². The minimum Gasteiger partial charge on any atom is -0.379 e. The normalized spacial score (nSPS) is 20.5. The molecule has 2 saturated heterocycles. The number of ether oxygens (including phenoxy) is 2. The number of pyridine rings is 2. The monoisotopic (exact) mass is 609 g/mol. The second-order valence-corrected chi connectivity index (χ2v) is 12.9. The van der Waals surface area contributed by atoms with Gasteiger partial charge in [0.15, 0.2) is 5.82 Å². The lowest BCUT2D eigenvalue weighted by atomic mass is 10.1. The zero-order valence-electron chi connectivity index (χ0n) is 23.4. The van der Waals surface area contributed by atoms with Gasteiger partial charge in [-0.05, 0) is 56.3 Å². The Balaban J connectivity index is 1.33. The predicted octanol–water partition coefficient (Wildman–Crippen LogP) is 4.11. The SMILES string of the molecule is CC1CN(Cc2nc(Nc3ccc(S(=O)(=O)N4CCOCC4)cc3)c3ncc(-c4ncccc4Cl)cc3n2)CC(C)O1. The lowest BCUT2D eigenvalue weighted by Gasteiger charge is -2.34. The standard InChI is InChI=1S/C29H32ClN7O4S/c1-19-16-36(17-20(2)41-19)18-26-34-25-14-21(27-24(30)4-3-9-31-27)15-32-28(25)29(35-26)33-22-5-7-23(8-6-22)42(38,39)37-10-12-40-13-11-37/h3-9,14-15,19-20H,10-13,16-18H2,1-2H3,(H,33,34,35). The van der Waals surface area contributed by atoms with Crippen LogP contribution in [0.15, 0.2) is 59.8 Å². The molecule has 0 bridgehead atoms. The van der Waals surface area contributed by atoms with Gasteiger partial charge in [-0.15, -0.1) is 0 Å². The van der Waals surface area contributed by atoms with E-state index in [2.05, 4.69) is 29.0 Å². The minimum absolute atomic E-state index is 0.110. The van der Waals surface area contributed by atoms with E-state index < -0.39 is 10.0 Å². The molecule has 0 spiro atoms. The summed E-state index contributed by atoms with van der Waals surface area (Å²) in [6.45, 7) is 7.68. The number of rotatable bonds is 7. The van der Waals surface area contributed by atoms with Gasteiger partial charge in [-0.25, -0.2) is 23.4 Å². The number of nitrogens with one attached hydrogen (secondary N) is 1. The highest BCUT2D eigenvalue weighted by Gasteiger charge is 2.27. The van der Waals surface area contributed by atoms with Gasteiger partial charge in [-0.2, -0.15) is 4.31 Å². The molecule has 0 radical (unpaired) electrons. The van der Waals surface area contributed by atoms with E-state index >= 15 is 0 Å². The molecule has 0 amide bonds. The Kier molecular flexibility index (Phi) is 8.35. The predicted molar refractivity (Wildman–Crippen MR) is 160 cm³/mol. The number of anilines is 2. The van der Waals surface area contributed by atoms with Crippen molar-refractivity contribution >= 4 is 44.2 Å². The summed E-state index contributed by atoms with van der Waals surface area (Å²) in [6, 6.07) is 12.1. The number of halogens is 1. The molecule has 2 aliphatic heterocycles. The second kappa shape index (κ2) is 12.2. The maximum atomic E-state index is 13.1. The van der Waals surface area contributed by atoms with Crippen molar-refractivity contribution in [2.45, 2.75) is 37.5 Å². The molecule has 2 aliphatic rings. The molecule has 2 unspecified atom stereocenters. The van der Waals surface area contributed by atoms with Crippen LogP contribution in [0.5, 0.6) is 0 Å². The van der Waals surface area contributed by atoms with E-state index in [9.17, 15) is 8.42 Å². The molecular formula is C29H32ClN7O4S. The maximum Gasteiger partial charge on any atom is 0.243 e. The molecule has 0 saturated carbocycles. The van der Waals surface area contributed by atoms with E-state index in [1.807, 2.05) is 6.07 Å². The lowest BCUT2D eigenvalue weighted by Crippen LogP contribution is -2.45. The van der Waals surface area contributed by atoms with Crippen LogP contribution in [0, 0.1) is 0 Å². The van der Waals surface area contributed by atoms with Crippen molar-refractivity contribution in [2.24, 2.45) is 0 Å². The number of benzene rings is 1. The number of hydrogen-bond acceptors (Lipinski definition) is 10. The van der Waals surface area contributed by atoms with E-state index in [4.69, 9.17) is 36.0 Å². The highest BCUT2D eigenvalue weighted by Crippen LogP contribution is 2.30. The van der Waals surface area contributed by atoms with Crippen molar-refractivity contribution in [1.29, 1.82) is 0 Å². The molecule has 13 heteroatoms. The molecule has 2 atom stereocenters. The molecule has 1 aromatic carbocycles. The number of aromatic nitrogens is 4. The van der Waals surface area contributed by atoms with E-state index in [-0.39, 0.29) is 17.1 Å². The molecule has 4 aromatic rings. The number of hydrogen-bond donors (Lipinski definition) is 1. The summed E-state index contributed by atoms with van der Waals surface area (Å²) < 4.78 is 38.8. The largest absolute Gasteiger partial charge is 0.379 e. The molecule has 6 rings (SSSR count). The van der Waals surface area contributed by atoms with Crippen LogP contribution in [0.25, 0.3) is 22.3 Å².